The number of rotatable bonds is 3. The largest absolute Gasteiger partial charge is 0.513 e. The zero-order valence-corrected chi connectivity index (χ0v) is 8.76. The van der Waals surface area contributed by atoms with Crippen molar-refractivity contribution in [3.05, 3.63) is 36.9 Å². The molecule has 16 heavy (non-hydrogen) atoms. The van der Waals surface area contributed by atoms with E-state index in [-0.39, 0.29) is 17.9 Å². The van der Waals surface area contributed by atoms with Crippen LogP contribution in [0.3, 0.4) is 0 Å². The normalized spacial score (nSPS) is 9.38. The number of carbonyl (C=O) groups excluding carboxylic acids is 2. The van der Waals surface area contributed by atoms with Crippen LogP contribution >= 0.6 is 0 Å². The Labute approximate surface area is 92.9 Å². The average Bonchev–Trinajstić information content (AvgIpc) is 2.30. The second-order valence-corrected chi connectivity index (χ2v) is 2.71. The topological polar surface area (TPSA) is 61.8 Å². The van der Waals surface area contributed by atoms with E-state index in [4.69, 9.17) is 9.47 Å². The van der Waals surface area contributed by atoms with Crippen LogP contribution in [0.15, 0.2) is 24.3 Å². The third-order valence-electron chi connectivity index (χ3n) is 1.69. The minimum absolute atomic E-state index is 0.0783. The van der Waals surface area contributed by atoms with Crippen LogP contribution in [0.25, 0.3) is 0 Å². The molecule has 0 atom stereocenters. The number of esters is 1. The lowest BCUT2D eigenvalue weighted by Gasteiger charge is -2.07. The molecule has 0 spiro atoms. The summed E-state index contributed by atoms with van der Waals surface area (Å²) in [5.74, 6) is -0.482. The summed E-state index contributed by atoms with van der Waals surface area (Å²) in [5, 5.41) is 0. The van der Waals surface area contributed by atoms with Crippen molar-refractivity contribution in [3.63, 3.8) is 0 Å². The van der Waals surface area contributed by atoms with Crippen molar-refractivity contribution in [1.29, 1.82) is 0 Å². The molecule has 0 unspecified atom stereocenters. The van der Waals surface area contributed by atoms with Gasteiger partial charge < -0.3 is 14.2 Å². The zero-order valence-electron chi connectivity index (χ0n) is 8.76. The summed E-state index contributed by atoms with van der Waals surface area (Å²) >= 11 is 0. The van der Waals surface area contributed by atoms with Crippen LogP contribution in [0, 0.1) is 7.11 Å². The molecule has 85 valence electrons. The molecule has 1 rings (SSSR count). The van der Waals surface area contributed by atoms with Crippen molar-refractivity contribution in [3.8, 4) is 5.75 Å². The molecule has 0 aliphatic rings. The van der Waals surface area contributed by atoms with Crippen LogP contribution in [0.4, 0.5) is 4.79 Å². The second-order valence-electron chi connectivity index (χ2n) is 2.71. The molecular weight excluding hydrogens is 212 g/mol. The Balaban J connectivity index is 2.91. The summed E-state index contributed by atoms with van der Waals surface area (Å²) in [5.41, 5.74) is 0.162. The lowest BCUT2D eigenvalue weighted by Crippen LogP contribution is -2.11. The van der Waals surface area contributed by atoms with Gasteiger partial charge in [-0.1, -0.05) is 12.1 Å². The van der Waals surface area contributed by atoms with Crippen molar-refractivity contribution in [2.24, 2.45) is 0 Å². The second kappa shape index (κ2) is 5.75. The van der Waals surface area contributed by atoms with Crippen molar-refractivity contribution in [2.75, 3.05) is 6.61 Å². The molecule has 1 aromatic carbocycles. The summed E-state index contributed by atoms with van der Waals surface area (Å²) in [6.07, 6.45) is -0.989. The molecule has 0 saturated carbocycles. The van der Waals surface area contributed by atoms with Gasteiger partial charge in [0, 0.05) is 0 Å². The van der Waals surface area contributed by atoms with Gasteiger partial charge in [-0.2, -0.15) is 0 Å². The molecule has 0 aromatic heterocycles. The van der Waals surface area contributed by atoms with Crippen LogP contribution < -0.4 is 4.74 Å². The van der Waals surface area contributed by atoms with E-state index in [0.29, 0.717) is 0 Å². The fourth-order valence-electron chi connectivity index (χ4n) is 1.05. The van der Waals surface area contributed by atoms with E-state index < -0.39 is 12.1 Å². The molecule has 0 amide bonds. The highest BCUT2D eigenvalue weighted by Crippen LogP contribution is 2.19. The molecular formula is C11H11O5. The summed E-state index contributed by atoms with van der Waals surface area (Å²) in [7, 11) is 2.90. The fourth-order valence-corrected chi connectivity index (χ4v) is 1.05. The van der Waals surface area contributed by atoms with E-state index in [1.807, 2.05) is 0 Å². The Morgan fingerprint density at radius 3 is 2.62 bits per heavy atom. The zero-order chi connectivity index (χ0) is 12.0. The van der Waals surface area contributed by atoms with E-state index in [1.165, 1.54) is 12.1 Å². The van der Waals surface area contributed by atoms with Gasteiger partial charge in [-0.25, -0.2) is 9.59 Å². The maximum Gasteiger partial charge on any atom is 0.513 e. The quantitative estimate of drug-likeness (QED) is 0.580. The summed E-state index contributed by atoms with van der Waals surface area (Å²) in [6.45, 7) is 1.93. The van der Waals surface area contributed by atoms with Crippen molar-refractivity contribution < 1.29 is 23.8 Å². The van der Waals surface area contributed by atoms with Gasteiger partial charge >= 0.3 is 12.1 Å². The van der Waals surface area contributed by atoms with Gasteiger partial charge in [-0.3, -0.25) is 0 Å². The summed E-state index contributed by atoms with van der Waals surface area (Å²) in [6, 6.07) is 6.20. The van der Waals surface area contributed by atoms with Crippen molar-refractivity contribution in [1.82, 2.24) is 0 Å². The van der Waals surface area contributed by atoms with Gasteiger partial charge in [0.05, 0.1) is 6.61 Å². The number of ether oxygens (including phenoxy) is 3. The van der Waals surface area contributed by atoms with Crippen LogP contribution in [0.2, 0.25) is 0 Å². The van der Waals surface area contributed by atoms with Crippen molar-refractivity contribution >= 4 is 12.1 Å². The van der Waals surface area contributed by atoms with Crippen LogP contribution in [-0.4, -0.2) is 18.7 Å². The third kappa shape index (κ3) is 2.98. The Morgan fingerprint density at radius 2 is 2.00 bits per heavy atom. The molecule has 0 heterocycles. The summed E-state index contributed by atoms with van der Waals surface area (Å²) < 4.78 is 13.6. The Hall–Kier alpha value is -2.04. The molecule has 1 radical (unpaired) electrons. The minimum Gasteiger partial charge on any atom is -0.462 e. The highest BCUT2D eigenvalue weighted by atomic mass is 16.7. The first-order valence-electron chi connectivity index (χ1n) is 4.59. The number of carbonyl (C=O) groups is 2. The van der Waals surface area contributed by atoms with Crippen LogP contribution in [0.5, 0.6) is 5.75 Å². The van der Waals surface area contributed by atoms with Gasteiger partial charge in [0.15, 0.2) is 0 Å². The lowest BCUT2D eigenvalue weighted by atomic mass is 10.2. The van der Waals surface area contributed by atoms with E-state index >= 15 is 0 Å². The Bertz CT molecular complexity index is 386. The SMILES string of the molecule is [CH2]OC(=O)Oc1ccccc1C(=O)OCC. The molecule has 0 N–H and O–H groups in total. The predicted molar refractivity (Wildman–Crippen MR) is 54.9 cm³/mol. The highest BCUT2D eigenvalue weighted by molar-refractivity contribution is 5.93. The van der Waals surface area contributed by atoms with Gasteiger partial charge in [0.25, 0.3) is 0 Å². The Kier molecular flexibility index (Phi) is 4.32. The molecule has 0 saturated heterocycles. The smallest absolute Gasteiger partial charge is 0.462 e. The number of benzene rings is 1. The number of hydrogen-bond acceptors (Lipinski definition) is 5. The van der Waals surface area contributed by atoms with Gasteiger partial charge in [-0.15, -0.1) is 0 Å². The van der Waals surface area contributed by atoms with Gasteiger partial charge in [0.2, 0.25) is 0 Å². The van der Waals surface area contributed by atoms with Crippen molar-refractivity contribution in [2.45, 2.75) is 6.92 Å². The monoisotopic (exact) mass is 223 g/mol. The van der Waals surface area contributed by atoms with E-state index in [9.17, 15) is 9.59 Å². The fraction of sp³-hybridized carbons (Fsp3) is 0.182. The first-order chi connectivity index (χ1) is 7.69. The average molecular weight is 223 g/mol. The van der Waals surface area contributed by atoms with E-state index in [1.54, 1.807) is 19.1 Å². The molecule has 1 aromatic rings. The minimum atomic E-state index is -0.989. The number of hydrogen-bond donors (Lipinski definition) is 0. The maximum absolute atomic E-state index is 11.5. The molecule has 0 aliphatic carbocycles. The van der Waals surface area contributed by atoms with Gasteiger partial charge in [0.1, 0.15) is 18.4 Å². The van der Waals surface area contributed by atoms with E-state index in [0.717, 1.165) is 0 Å². The van der Waals surface area contributed by atoms with Gasteiger partial charge in [-0.05, 0) is 19.1 Å². The molecule has 5 nitrogen and oxygen atoms in total. The molecule has 5 heteroatoms. The standard InChI is InChI=1S/C11H11O5/c1-3-15-10(12)8-6-4-5-7-9(8)16-11(13)14-2/h4-7H,2-3H2,1H3. The Morgan fingerprint density at radius 1 is 1.31 bits per heavy atom. The first-order valence-corrected chi connectivity index (χ1v) is 4.59. The molecule has 0 aliphatic heterocycles. The molecule has 0 fully saturated rings. The third-order valence-corrected chi connectivity index (χ3v) is 1.69. The lowest BCUT2D eigenvalue weighted by molar-refractivity contribution is 0.0522. The number of para-hydroxylation sites is 1. The summed E-state index contributed by atoms with van der Waals surface area (Å²) in [4.78, 5) is 22.3. The highest BCUT2D eigenvalue weighted by Gasteiger charge is 2.15. The van der Waals surface area contributed by atoms with Crippen LogP contribution in [0.1, 0.15) is 17.3 Å². The van der Waals surface area contributed by atoms with Crippen LogP contribution in [-0.2, 0) is 9.47 Å². The predicted octanol–water partition coefficient (Wildman–Crippen LogP) is 2.17. The maximum atomic E-state index is 11.5. The van der Waals surface area contributed by atoms with E-state index in [2.05, 4.69) is 11.8 Å². The first kappa shape index (κ1) is 12.0. The molecule has 0 bridgehead atoms.